The van der Waals surface area contributed by atoms with Gasteiger partial charge in [-0.25, -0.2) is 4.79 Å². The molecule has 1 aromatic carbocycles. The summed E-state index contributed by atoms with van der Waals surface area (Å²) in [6.07, 6.45) is 1.56. The lowest BCUT2D eigenvalue weighted by Crippen LogP contribution is -2.51. The average Bonchev–Trinajstić information content (AvgIpc) is 3.11. The number of amides is 2. The predicted octanol–water partition coefficient (Wildman–Crippen LogP) is 1.46. The highest BCUT2D eigenvalue weighted by molar-refractivity contribution is 8.13. The van der Waals surface area contributed by atoms with E-state index in [1.165, 1.54) is 11.8 Å². The van der Waals surface area contributed by atoms with E-state index in [-0.39, 0.29) is 23.9 Å². The smallest absolute Gasteiger partial charge is 0.326 e. The van der Waals surface area contributed by atoms with Crippen LogP contribution in [0.1, 0.15) is 31.7 Å². The van der Waals surface area contributed by atoms with Gasteiger partial charge in [-0.2, -0.15) is 0 Å². The number of nitrogens with one attached hydrogen (secondary N) is 1. The van der Waals surface area contributed by atoms with Crippen LogP contribution in [0.25, 0.3) is 0 Å². The molecule has 0 aromatic heterocycles. The fourth-order valence-corrected chi connectivity index (χ4v) is 3.65. The summed E-state index contributed by atoms with van der Waals surface area (Å²) in [5.74, 6) is -1.36. The summed E-state index contributed by atoms with van der Waals surface area (Å²) >= 11 is 1.08. The molecule has 1 saturated heterocycles. The van der Waals surface area contributed by atoms with E-state index in [1.54, 1.807) is 12.1 Å². The monoisotopic (exact) mass is 392 g/mol. The summed E-state index contributed by atoms with van der Waals surface area (Å²) in [4.78, 5) is 49.0. The summed E-state index contributed by atoms with van der Waals surface area (Å²) < 4.78 is 0. The molecule has 146 valence electrons. The molecule has 1 heterocycles. The van der Waals surface area contributed by atoms with Gasteiger partial charge in [-0.1, -0.05) is 42.1 Å². The lowest BCUT2D eigenvalue weighted by Gasteiger charge is -2.25. The number of hydrogen-bond acceptors (Lipinski definition) is 5. The highest BCUT2D eigenvalue weighted by atomic mass is 32.2. The summed E-state index contributed by atoms with van der Waals surface area (Å²) in [5, 5.41) is 12.0. The highest BCUT2D eigenvalue weighted by Gasteiger charge is 2.35. The van der Waals surface area contributed by atoms with Crippen LogP contribution >= 0.6 is 11.8 Å². The summed E-state index contributed by atoms with van der Waals surface area (Å²) in [5.41, 5.74) is 0.811. The zero-order valence-electron chi connectivity index (χ0n) is 15.2. The topological polar surface area (TPSA) is 104 Å². The standard InChI is InChI=1S/C19H24N2O5S/c1-13(22)27-11-9-17(23)21-10-5-8-16(21)18(24)20-15(19(25)26)12-14-6-3-2-4-7-14/h2-4,6-7,15-16H,5,8-12H2,1H3,(H,20,24)(H,25,26)/t15-,16-/m1/s1. The summed E-state index contributed by atoms with van der Waals surface area (Å²) in [6, 6.07) is 7.37. The zero-order chi connectivity index (χ0) is 19.8. The van der Waals surface area contributed by atoms with E-state index in [2.05, 4.69) is 5.32 Å². The van der Waals surface area contributed by atoms with Gasteiger partial charge < -0.3 is 15.3 Å². The number of likely N-dealkylation sites (tertiary alicyclic amines) is 1. The van der Waals surface area contributed by atoms with Crippen LogP contribution < -0.4 is 5.32 Å². The molecule has 2 rings (SSSR count). The van der Waals surface area contributed by atoms with Crippen molar-refractivity contribution in [2.45, 2.75) is 44.7 Å². The van der Waals surface area contributed by atoms with Gasteiger partial charge in [-0.15, -0.1) is 0 Å². The first kappa shape index (κ1) is 21.0. The third kappa shape index (κ3) is 6.39. The molecular weight excluding hydrogens is 368 g/mol. The molecule has 0 radical (unpaired) electrons. The number of carboxylic acid groups (broad SMARTS) is 1. The van der Waals surface area contributed by atoms with Crippen LogP contribution in [0, 0.1) is 0 Å². The molecular formula is C19H24N2O5S. The predicted molar refractivity (Wildman–Crippen MR) is 102 cm³/mol. The van der Waals surface area contributed by atoms with Gasteiger partial charge in [0, 0.05) is 32.1 Å². The van der Waals surface area contributed by atoms with Crippen LogP contribution in [-0.4, -0.2) is 57.3 Å². The number of carbonyl (C=O) groups excluding carboxylic acids is 3. The number of carboxylic acids is 1. The van der Waals surface area contributed by atoms with Crippen LogP contribution in [0.2, 0.25) is 0 Å². The lowest BCUT2D eigenvalue weighted by atomic mass is 10.1. The van der Waals surface area contributed by atoms with Crippen molar-refractivity contribution < 1.29 is 24.3 Å². The largest absolute Gasteiger partial charge is 0.480 e. The van der Waals surface area contributed by atoms with Gasteiger partial charge in [-0.05, 0) is 18.4 Å². The second-order valence-electron chi connectivity index (χ2n) is 6.42. The first-order chi connectivity index (χ1) is 12.9. The third-order valence-electron chi connectivity index (χ3n) is 4.39. The fourth-order valence-electron chi connectivity index (χ4n) is 3.08. The van der Waals surface area contributed by atoms with Crippen LogP contribution in [0.15, 0.2) is 30.3 Å². The van der Waals surface area contributed by atoms with Crippen molar-refractivity contribution in [3.63, 3.8) is 0 Å². The molecule has 2 N–H and O–H groups in total. The van der Waals surface area contributed by atoms with E-state index in [1.807, 2.05) is 18.2 Å². The van der Waals surface area contributed by atoms with Crippen molar-refractivity contribution in [1.82, 2.24) is 10.2 Å². The van der Waals surface area contributed by atoms with Gasteiger partial charge in [0.25, 0.3) is 0 Å². The maximum atomic E-state index is 12.6. The quantitative estimate of drug-likeness (QED) is 0.694. The van der Waals surface area contributed by atoms with Crippen molar-refractivity contribution in [3.8, 4) is 0 Å². The molecule has 0 unspecified atom stereocenters. The Hall–Kier alpha value is -2.35. The Labute approximate surface area is 162 Å². The minimum atomic E-state index is -1.11. The normalized spacial score (nSPS) is 17.4. The molecule has 0 saturated carbocycles. The molecule has 7 nitrogen and oxygen atoms in total. The van der Waals surface area contributed by atoms with Gasteiger partial charge in [0.1, 0.15) is 12.1 Å². The Morgan fingerprint density at radius 1 is 1.26 bits per heavy atom. The molecule has 0 spiro atoms. The van der Waals surface area contributed by atoms with Gasteiger partial charge in [0.05, 0.1) is 0 Å². The number of benzene rings is 1. The van der Waals surface area contributed by atoms with E-state index >= 15 is 0 Å². The number of thioether (sulfide) groups is 1. The number of nitrogens with zero attached hydrogens (tertiary/aromatic N) is 1. The first-order valence-electron chi connectivity index (χ1n) is 8.88. The minimum absolute atomic E-state index is 0.0521. The molecule has 1 aromatic rings. The molecule has 0 aliphatic carbocycles. The van der Waals surface area contributed by atoms with Crippen LogP contribution in [0.3, 0.4) is 0 Å². The molecule has 27 heavy (non-hydrogen) atoms. The summed E-state index contributed by atoms with van der Waals surface area (Å²) in [6.45, 7) is 1.91. The van der Waals surface area contributed by atoms with Crippen molar-refractivity contribution >= 4 is 34.7 Å². The van der Waals surface area contributed by atoms with Gasteiger partial charge in [-0.3, -0.25) is 14.4 Å². The third-order valence-corrected chi connectivity index (χ3v) is 5.21. The average molecular weight is 392 g/mol. The molecule has 0 bridgehead atoms. The lowest BCUT2D eigenvalue weighted by molar-refractivity contribution is -0.143. The van der Waals surface area contributed by atoms with Crippen LogP contribution in [-0.2, 0) is 25.6 Å². The molecule has 1 aliphatic rings. The van der Waals surface area contributed by atoms with Crippen molar-refractivity contribution in [2.24, 2.45) is 0 Å². The Balaban J connectivity index is 1.96. The van der Waals surface area contributed by atoms with E-state index in [0.29, 0.717) is 25.1 Å². The second-order valence-corrected chi connectivity index (χ2v) is 7.70. The Morgan fingerprint density at radius 3 is 2.59 bits per heavy atom. The van der Waals surface area contributed by atoms with Gasteiger partial charge in [0.15, 0.2) is 5.12 Å². The number of rotatable bonds is 8. The molecule has 2 amide bonds. The van der Waals surface area contributed by atoms with Crippen LogP contribution in [0.4, 0.5) is 0 Å². The second kappa shape index (κ2) is 10.1. The van der Waals surface area contributed by atoms with Crippen molar-refractivity contribution in [1.29, 1.82) is 0 Å². The van der Waals surface area contributed by atoms with E-state index in [0.717, 1.165) is 17.3 Å². The van der Waals surface area contributed by atoms with Gasteiger partial charge >= 0.3 is 5.97 Å². The fraction of sp³-hybridized carbons (Fsp3) is 0.474. The molecule has 2 atom stereocenters. The maximum absolute atomic E-state index is 12.6. The van der Waals surface area contributed by atoms with Crippen molar-refractivity contribution in [3.05, 3.63) is 35.9 Å². The highest BCUT2D eigenvalue weighted by Crippen LogP contribution is 2.20. The van der Waals surface area contributed by atoms with E-state index in [4.69, 9.17) is 0 Å². The SMILES string of the molecule is CC(=O)SCCC(=O)N1CCC[C@@H]1C(=O)N[C@H](Cc1ccccc1)C(=O)O. The first-order valence-corrected chi connectivity index (χ1v) is 9.87. The Bertz CT molecular complexity index is 695. The Morgan fingerprint density at radius 2 is 1.96 bits per heavy atom. The minimum Gasteiger partial charge on any atom is -0.480 e. The van der Waals surface area contributed by atoms with Crippen molar-refractivity contribution in [2.75, 3.05) is 12.3 Å². The molecule has 1 fully saturated rings. The Kier molecular flexibility index (Phi) is 7.84. The number of aliphatic carboxylic acids is 1. The molecule has 8 heteroatoms. The van der Waals surface area contributed by atoms with Crippen LogP contribution in [0.5, 0.6) is 0 Å². The number of carbonyl (C=O) groups is 4. The maximum Gasteiger partial charge on any atom is 0.326 e. The zero-order valence-corrected chi connectivity index (χ0v) is 16.0. The van der Waals surface area contributed by atoms with E-state index < -0.39 is 24.0 Å². The van der Waals surface area contributed by atoms with E-state index in [9.17, 15) is 24.3 Å². The van der Waals surface area contributed by atoms with Gasteiger partial charge in [0.2, 0.25) is 11.8 Å². The summed E-state index contributed by atoms with van der Waals surface area (Å²) in [7, 11) is 0. The number of hydrogen-bond donors (Lipinski definition) is 2. The molecule has 1 aliphatic heterocycles.